The van der Waals surface area contributed by atoms with Gasteiger partial charge in [-0.3, -0.25) is 4.79 Å². The van der Waals surface area contributed by atoms with Crippen molar-refractivity contribution in [1.29, 1.82) is 0 Å². The maximum absolute atomic E-state index is 13.6. The third-order valence-electron chi connectivity index (χ3n) is 2.85. The van der Waals surface area contributed by atoms with Crippen molar-refractivity contribution in [3.05, 3.63) is 70.0 Å². The summed E-state index contributed by atoms with van der Waals surface area (Å²) in [5, 5.41) is 0.161. The molecule has 18 heavy (non-hydrogen) atoms. The molecule has 1 nitrogen and oxygen atoms in total. The Kier molecular flexibility index (Phi) is 3.78. The van der Waals surface area contributed by atoms with Crippen molar-refractivity contribution in [2.24, 2.45) is 0 Å². The van der Waals surface area contributed by atoms with E-state index in [9.17, 15) is 9.18 Å². The number of Topliss-reactive ketones (excluding diaryl/α,β-unsaturated/α-hetero) is 1. The Labute approximate surface area is 110 Å². The number of rotatable bonds is 3. The fraction of sp³-hybridized carbons (Fsp3) is 0.133. The van der Waals surface area contributed by atoms with Gasteiger partial charge in [-0.05, 0) is 30.2 Å². The normalized spacial score (nSPS) is 10.4. The van der Waals surface area contributed by atoms with Crippen LogP contribution in [0.15, 0.2) is 42.5 Å². The fourth-order valence-electron chi connectivity index (χ4n) is 1.83. The average molecular weight is 263 g/mol. The summed E-state index contributed by atoms with van der Waals surface area (Å²) in [6.07, 6.45) is 0.160. The molecule has 2 aromatic carbocycles. The van der Waals surface area contributed by atoms with Crippen molar-refractivity contribution >= 4 is 17.4 Å². The lowest BCUT2D eigenvalue weighted by Gasteiger charge is -2.07. The molecule has 0 N–H and O–H groups in total. The van der Waals surface area contributed by atoms with Crippen molar-refractivity contribution in [3.63, 3.8) is 0 Å². The van der Waals surface area contributed by atoms with Crippen LogP contribution in [0.2, 0.25) is 5.02 Å². The van der Waals surface area contributed by atoms with E-state index in [4.69, 9.17) is 11.6 Å². The summed E-state index contributed by atoms with van der Waals surface area (Å²) in [7, 11) is 0. The third-order valence-corrected chi connectivity index (χ3v) is 3.17. The predicted octanol–water partition coefficient (Wildman–Crippen LogP) is 4.21. The van der Waals surface area contributed by atoms with Gasteiger partial charge in [-0.15, -0.1) is 0 Å². The smallest absolute Gasteiger partial charge is 0.171 e. The lowest BCUT2D eigenvalue weighted by atomic mass is 9.99. The standard InChI is InChI=1S/C15H12ClFO/c1-10-5-2-3-6-11(10)9-14(18)15-12(16)7-4-8-13(15)17/h2-8H,9H2,1H3. The van der Waals surface area contributed by atoms with E-state index in [2.05, 4.69) is 0 Å². The molecule has 3 heteroatoms. The van der Waals surface area contributed by atoms with Crippen LogP contribution in [0.5, 0.6) is 0 Å². The van der Waals surface area contributed by atoms with Crippen LogP contribution in [0.25, 0.3) is 0 Å². The first-order valence-corrected chi connectivity index (χ1v) is 5.99. The van der Waals surface area contributed by atoms with Gasteiger partial charge in [-0.25, -0.2) is 4.39 Å². The number of carbonyl (C=O) groups excluding carboxylic acids is 1. The maximum atomic E-state index is 13.6. The van der Waals surface area contributed by atoms with Crippen LogP contribution in [0.3, 0.4) is 0 Å². The van der Waals surface area contributed by atoms with Crippen LogP contribution < -0.4 is 0 Å². The molecule has 92 valence electrons. The summed E-state index contributed by atoms with van der Waals surface area (Å²) >= 11 is 5.87. The van der Waals surface area contributed by atoms with E-state index >= 15 is 0 Å². The summed E-state index contributed by atoms with van der Waals surface area (Å²) in [5.74, 6) is -0.867. The Morgan fingerprint density at radius 2 is 1.89 bits per heavy atom. The van der Waals surface area contributed by atoms with Gasteiger partial charge in [0.15, 0.2) is 5.78 Å². The molecular weight excluding hydrogens is 251 g/mol. The van der Waals surface area contributed by atoms with Gasteiger partial charge in [0, 0.05) is 6.42 Å². The highest BCUT2D eigenvalue weighted by atomic mass is 35.5. The Bertz CT molecular complexity index is 573. The van der Waals surface area contributed by atoms with Crippen LogP contribution in [-0.2, 0) is 6.42 Å². The molecule has 0 aliphatic heterocycles. The molecule has 0 saturated heterocycles. The second-order valence-electron chi connectivity index (χ2n) is 4.12. The second kappa shape index (κ2) is 5.32. The Hall–Kier alpha value is -1.67. The molecule has 0 aromatic heterocycles. The number of halogens is 2. The molecule has 0 heterocycles. The van der Waals surface area contributed by atoms with Gasteiger partial charge < -0.3 is 0 Å². The summed E-state index contributed by atoms with van der Waals surface area (Å²) < 4.78 is 13.6. The molecule has 0 radical (unpaired) electrons. The molecule has 0 aliphatic carbocycles. The fourth-order valence-corrected chi connectivity index (χ4v) is 2.10. The molecule has 2 rings (SSSR count). The number of ketones is 1. The Morgan fingerprint density at radius 1 is 1.17 bits per heavy atom. The summed E-state index contributed by atoms with van der Waals surface area (Å²) in [5.41, 5.74) is 1.88. The minimum absolute atomic E-state index is 0.0255. The van der Waals surface area contributed by atoms with Crippen LogP contribution in [0, 0.1) is 12.7 Å². The number of aryl methyl sites for hydroxylation is 1. The molecular formula is C15H12ClFO. The maximum Gasteiger partial charge on any atom is 0.171 e. The van der Waals surface area contributed by atoms with E-state index in [0.29, 0.717) is 0 Å². The van der Waals surface area contributed by atoms with E-state index in [0.717, 1.165) is 11.1 Å². The zero-order valence-electron chi connectivity index (χ0n) is 9.91. The SMILES string of the molecule is Cc1ccccc1CC(=O)c1c(F)cccc1Cl. The average Bonchev–Trinajstić information content (AvgIpc) is 2.32. The quantitative estimate of drug-likeness (QED) is 0.757. The second-order valence-corrected chi connectivity index (χ2v) is 4.53. The summed E-state index contributed by atoms with van der Waals surface area (Å²) in [6, 6.07) is 11.8. The van der Waals surface area contributed by atoms with Gasteiger partial charge in [0.1, 0.15) is 5.82 Å². The molecule has 2 aromatic rings. The van der Waals surface area contributed by atoms with Crippen molar-refractivity contribution in [2.75, 3.05) is 0 Å². The summed E-state index contributed by atoms with van der Waals surface area (Å²) in [4.78, 5) is 12.1. The lowest BCUT2D eigenvalue weighted by molar-refractivity contribution is 0.0989. The van der Waals surface area contributed by atoms with Crippen molar-refractivity contribution < 1.29 is 9.18 Å². The first kappa shape index (κ1) is 12.8. The topological polar surface area (TPSA) is 17.1 Å². The first-order chi connectivity index (χ1) is 8.59. The molecule has 0 spiro atoms. The van der Waals surface area contributed by atoms with Crippen LogP contribution >= 0.6 is 11.6 Å². The van der Waals surface area contributed by atoms with E-state index in [1.54, 1.807) is 0 Å². The third kappa shape index (κ3) is 2.59. The minimum Gasteiger partial charge on any atom is -0.294 e. The van der Waals surface area contributed by atoms with E-state index in [1.165, 1.54) is 18.2 Å². The molecule has 0 saturated carbocycles. The number of benzene rings is 2. The number of hydrogen-bond acceptors (Lipinski definition) is 1. The minimum atomic E-state index is -0.568. The van der Waals surface area contributed by atoms with E-state index in [1.807, 2.05) is 31.2 Å². The molecule has 0 aliphatic rings. The zero-order valence-corrected chi connectivity index (χ0v) is 10.7. The number of hydrogen-bond donors (Lipinski definition) is 0. The van der Waals surface area contributed by atoms with Gasteiger partial charge in [0.2, 0.25) is 0 Å². The van der Waals surface area contributed by atoms with Gasteiger partial charge in [0.05, 0.1) is 10.6 Å². The molecule has 0 amide bonds. The monoisotopic (exact) mass is 262 g/mol. The van der Waals surface area contributed by atoms with Crippen LogP contribution in [0.1, 0.15) is 21.5 Å². The summed E-state index contributed by atoms with van der Waals surface area (Å²) in [6.45, 7) is 1.92. The molecule has 0 fully saturated rings. The molecule has 0 unspecified atom stereocenters. The van der Waals surface area contributed by atoms with Crippen molar-refractivity contribution in [2.45, 2.75) is 13.3 Å². The van der Waals surface area contributed by atoms with Gasteiger partial charge in [-0.1, -0.05) is 41.9 Å². The first-order valence-electron chi connectivity index (χ1n) is 5.61. The predicted molar refractivity (Wildman–Crippen MR) is 70.6 cm³/mol. The van der Waals surface area contributed by atoms with Gasteiger partial charge >= 0.3 is 0 Å². The highest BCUT2D eigenvalue weighted by Gasteiger charge is 2.16. The van der Waals surface area contributed by atoms with Gasteiger partial charge in [0.25, 0.3) is 0 Å². The Morgan fingerprint density at radius 3 is 2.56 bits per heavy atom. The molecule has 0 atom stereocenters. The van der Waals surface area contributed by atoms with Crippen LogP contribution in [-0.4, -0.2) is 5.78 Å². The molecule has 0 bridgehead atoms. The zero-order chi connectivity index (χ0) is 13.1. The highest BCUT2D eigenvalue weighted by Crippen LogP contribution is 2.21. The van der Waals surface area contributed by atoms with E-state index < -0.39 is 5.82 Å². The highest BCUT2D eigenvalue weighted by molar-refractivity contribution is 6.34. The largest absolute Gasteiger partial charge is 0.294 e. The number of carbonyl (C=O) groups is 1. The lowest BCUT2D eigenvalue weighted by Crippen LogP contribution is -2.08. The van der Waals surface area contributed by atoms with Gasteiger partial charge in [-0.2, -0.15) is 0 Å². The van der Waals surface area contributed by atoms with Crippen molar-refractivity contribution in [1.82, 2.24) is 0 Å². The van der Waals surface area contributed by atoms with Crippen molar-refractivity contribution in [3.8, 4) is 0 Å². The van der Waals surface area contributed by atoms with Crippen LogP contribution in [0.4, 0.5) is 4.39 Å². The Balaban J connectivity index is 2.31. The van der Waals surface area contributed by atoms with E-state index in [-0.39, 0.29) is 22.8 Å².